The number of aromatic nitrogens is 4. The maximum atomic E-state index is 12.4. The number of aryl methyl sites for hydroxylation is 2. The molecule has 2 N–H and O–H groups in total. The smallest absolute Gasteiger partial charge is 0.237 e. The van der Waals surface area contributed by atoms with Crippen molar-refractivity contribution >= 4 is 34.5 Å². The van der Waals surface area contributed by atoms with E-state index in [4.69, 9.17) is 0 Å². The maximum absolute atomic E-state index is 12.4. The van der Waals surface area contributed by atoms with Gasteiger partial charge < -0.3 is 10.3 Å². The number of H-pyrrole nitrogens is 1. The lowest BCUT2D eigenvalue weighted by molar-refractivity contribution is -0.115. The number of thioether (sulfide) groups is 1. The summed E-state index contributed by atoms with van der Waals surface area (Å²) in [4.78, 5) is 27.8. The van der Waals surface area contributed by atoms with E-state index in [2.05, 4.69) is 25.3 Å². The summed E-state index contributed by atoms with van der Waals surface area (Å²) in [6.45, 7) is 5.87. The van der Waals surface area contributed by atoms with Crippen LogP contribution in [0.4, 0.5) is 5.69 Å². The summed E-state index contributed by atoms with van der Waals surface area (Å²) in [6, 6.07) is 5.96. The molecule has 2 aromatic heterocycles. The lowest BCUT2D eigenvalue weighted by Gasteiger charge is -2.13. The van der Waals surface area contributed by atoms with Crippen molar-refractivity contribution in [2.75, 3.05) is 5.32 Å². The van der Waals surface area contributed by atoms with E-state index in [0.29, 0.717) is 5.65 Å². The highest BCUT2D eigenvalue weighted by atomic mass is 32.2. The molecule has 23 heavy (non-hydrogen) atoms. The van der Waals surface area contributed by atoms with Crippen LogP contribution in [0, 0.1) is 13.8 Å². The standard InChI is InChI=1S/C16H17N5OS/c1-9-4-5-12(10(2)6-9)21-15(22)11(3)23-16-13-14(18-7-17-13)19-8-20-16/h4-8,11H,1-3H3,(H,21,22)(H,17,18,19,20)/t11-/m0/s1. The second kappa shape index (κ2) is 6.37. The van der Waals surface area contributed by atoms with Gasteiger partial charge in [0.25, 0.3) is 0 Å². The molecule has 6 nitrogen and oxygen atoms in total. The van der Waals surface area contributed by atoms with Gasteiger partial charge >= 0.3 is 0 Å². The largest absolute Gasteiger partial charge is 0.341 e. The third-order valence-electron chi connectivity index (χ3n) is 3.49. The first kappa shape index (κ1) is 15.5. The highest BCUT2D eigenvalue weighted by Gasteiger charge is 2.18. The number of benzene rings is 1. The number of nitrogens with one attached hydrogen (secondary N) is 2. The Balaban J connectivity index is 1.74. The first-order valence-corrected chi connectivity index (χ1v) is 8.11. The maximum Gasteiger partial charge on any atom is 0.237 e. The number of carbonyl (C=O) groups is 1. The zero-order chi connectivity index (χ0) is 16.4. The van der Waals surface area contributed by atoms with E-state index < -0.39 is 0 Å². The molecule has 0 saturated heterocycles. The molecule has 2 heterocycles. The molecule has 0 fully saturated rings. The number of hydrogen-bond acceptors (Lipinski definition) is 5. The SMILES string of the molecule is Cc1ccc(NC(=O)[C@H](C)Sc2ncnc3nc[nH]c23)c(C)c1. The molecule has 1 atom stereocenters. The van der Waals surface area contributed by atoms with Gasteiger partial charge in [0.1, 0.15) is 16.9 Å². The Morgan fingerprint density at radius 1 is 1.26 bits per heavy atom. The van der Waals surface area contributed by atoms with E-state index in [-0.39, 0.29) is 11.2 Å². The van der Waals surface area contributed by atoms with Crippen LogP contribution in [0.25, 0.3) is 11.2 Å². The van der Waals surface area contributed by atoms with E-state index >= 15 is 0 Å². The van der Waals surface area contributed by atoms with Gasteiger partial charge in [-0.3, -0.25) is 4.79 Å². The molecule has 118 valence electrons. The Morgan fingerprint density at radius 3 is 2.87 bits per heavy atom. The summed E-state index contributed by atoms with van der Waals surface area (Å²) >= 11 is 1.38. The molecule has 3 rings (SSSR count). The van der Waals surface area contributed by atoms with E-state index in [1.807, 2.05) is 39.0 Å². The molecule has 3 aromatic rings. The van der Waals surface area contributed by atoms with Gasteiger partial charge in [-0.2, -0.15) is 0 Å². The van der Waals surface area contributed by atoms with Crippen LogP contribution in [0.3, 0.4) is 0 Å². The molecule has 0 unspecified atom stereocenters. The summed E-state index contributed by atoms with van der Waals surface area (Å²) in [7, 11) is 0. The van der Waals surface area contributed by atoms with Crippen LogP contribution in [-0.2, 0) is 4.79 Å². The van der Waals surface area contributed by atoms with Crippen molar-refractivity contribution in [1.29, 1.82) is 0 Å². The number of aromatic amines is 1. The van der Waals surface area contributed by atoms with Gasteiger partial charge in [0.05, 0.1) is 11.6 Å². The average Bonchev–Trinajstić information content (AvgIpc) is 2.99. The van der Waals surface area contributed by atoms with E-state index in [9.17, 15) is 4.79 Å². The zero-order valence-corrected chi connectivity index (χ0v) is 13.9. The minimum Gasteiger partial charge on any atom is -0.341 e. The van der Waals surface area contributed by atoms with Crippen LogP contribution in [-0.4, -0.2) is 31.1 Å². The zero-order valence-electron chi connectivity index (χ0n) is 13.1. The molecule has 0 aliphatic carbocycles. The highest BCUT2D eigenvalue weighted by Crippen LogP contribution is 2.27. The number of imidazole rings is 1. The number of hydrogen-bond donors (Lipinski definition) is 2. The second-order valence-corrected chi connectivity index (χ2v) is 6.68. The van der Waals surface area contributed by atoms with Gasteiger partial charge in [-0.05, 0) is 32.4 Å². The molecule has 7 heteroatoms. The van der Waals surface area contributed by atoms with Gasteiger partial charge in [0.15, 0.2) is 5.65 Å². The summed E-state index contributed by atoms with van der Waals surface area (Å²) in [6.07, 6.45) is 3.03. The van der Waals surface area contributed by atoms with Crippen molar-refractivity contribution in [3.05, 3.63) is 42.0 Å². The van der Waals surface area contributed by atoms with E-state index in [1.54, 1.807) is 6.33 Å². The van der Waals surface area contributed by atoms with Crippen molar-refractivity contribution in [3.63, 3.8) is 0 Å². The van der Waals surface area contributed by atoms with Gasteiger partial charge in [-0.1, -0.05) is 29.5 Å². The van der Waals surface area contributed by atoms with Crippen LogP contribution in [0.5, 0.6) is 0 Å². The van der Waals surface area contributed by atoms with Crippen molar-refractivity contribution in [3.8, 4) is 0 Å². The molecule has 0 bridgehead atoms. The topological polar surface area (TPSA) is 83.6 Å². The Morgan fingerprint density at radius 2 is 2.09 bits per heavy atom. The fraction of sp³-hybridized carbons (Fsp3) is 0.250. The van der Waals surface area contributed by atoms with E-state index in [0.717, 1.165) is 21.8 Å². The highest BCUT2D eigenvalue weighted by molar-refractivity contribution is 8.00. The monoisotopic (exact) mass is 327 g/mol. The Labute approximate surface area is 138 Å². The quantitative estimate of drug-likeness (QED) is 0.568. The fourth-order valence-electron chi connectivity index (χ4n) is 2.24. The van der Waals surface area contributed by atoms with Gasteiger partial charge in [0.2, 0.25) is 5.91 Å². The lowest BCUT2D eigenvalue weighted by atomic mass is 10.1. The third-order valence-corrected chi connectivity index (χ3v) is 4.59. The minimum absolute atomic E-state index is 0.0618. The van der Waals surface area contributed by atoms with Crippen LogP contribution < -0.4 is 5.32 Å². The number of nitrogens with zero attached hydrogens (tertiary/aromatic N) is 3. The molecular formula is C16H17N5OS. The molecule has 0 radical (unpaired) electrons. The van der Waals surface area contributed by atoms with E-state index in [1.165, 1.54) is 23.7 Å². The lowest BCUT2D eigenvalue weighted by Crippen LogP contribution is -2.23. The first-order chi connectivity index (χ1) is 11.0. The summed E-state index contributed by atoms with van der Waals surface area (Å²) in [5.41, 5.74) is 4.41. The van der Waals surface area contributed by atoms with Crippen LogP contribution in [0.2, 0.25) is 0 Å². The number of amides is 1. The molecular weight excluding hydrogens is 310 g/mol. The van der Waals surface area contributed by atoms with Crippen molar-refractivity contribution in [2.45, 2.75) is 31.0 Å². The van der Waals surface area contributed by atoms with Gasteiger partial charge in [-0.15, -0.1) is 0 Å². The Bertz CT molecular complexity index is 861. The van der Waals surface area contributed by atoms with Crippen LogP contribution >= 0.6 is 11.8 Å². The van der Waals surface area contributed by atoms with Crippen molar-refractivity contribution in [1.82, 2.24) is 19.9 Å². The van der Waals surface area contributed by atoms with Gasteiger partial charge in [0, 0.05) is 5.69 Å². The summed E-state index contributed by atoms with van der Waals surface area (Å²) in [5.74, 6) is -0.0618. The number of fused-ring (bicyclic) bond motifs is 1. The fourth-order valence-corrected chi connectivity index (χ4v) is 3.12. The first-order valence-electron chi connectivity index (χ1n) is 7.23. The summed E-state index contributed by atoms with van der Waals surface area (Å²) < 4.78 is 0. The Hall–Kier alpha value is -2.41. The van der Waals surface area contributed by atoms with Crippen molar-refractivity contribution in [2.24, 2.45) is 0 Å². The second-order valence-electron chi connectivity index (χ2n) is 5.35. The normalized spacial score (nSPS) is 12.3. The predicted molar refractivity (Wildman–Crippen MR) is 91.5 cm³/mol. The van der Waals surface area contributed by atoms with Crippen LogP contribution in [0.15, 0.2) is 35.9 Å². The molecule has 1 amide bonds. The third kappa shape index (κ3) is 3.34. The Kier molecular flexibility index (Phi) is 4.29. The number of anilines is 1. The molecule has 1 aromatic carbocycles. The average molecular weight is 327 g/mol. The molecule has 0 saturated carbocycles. The molecule has 0 aliphatic heterocycles. The van der Waals surface area contributed by atoms with Gasteiger partial charge in [-0.25, -0.2) is 15.0 Å². The number of carbonyl (C=O) groups excluding carboxylic acids is 1. The minimum atomic E-state index is -0.294. The van der Waals surface area contributed by atoms with Crippen molar-refractivity contribution < 1.29 is 4.79 Å². The molecule has 0 aliphatic rings. The number of rotatable bonds is 4. The van der Waals surface area contributed by atoms with Crippen LogP contribution in [0.1, 0.15) is 18.1 Å². The molecule has 0 spiro atoms. The predicted octanol–water partition coefficient (Wildman–Crippen LogP) is 3.09. The summed E-state index contributed by atoms with van der Waals surface area (Å²) in [5, 5.41) is 3.39.